The summed E-state index contributed by atoms with van der Waals surface area (Å²) in [5.74, 6) is 0. The third kappa shape index (κ3) is 6.33. The van der Waals surface area contributed by atoms with Crippen LogP contribution in [0.15, 0.2) is 36.4 Å². The molecule has 0 bridgehead atoms. The average Bonchev–Trinajstić information content (AvgIpc) is 2.94. The van der Waals surface area contributed by atoms with Gasteiger partial charge in [0.15, 0.2) is 0 Å². The van der Waals surface area contributed by atoms with Gasteiger partial charge in [-0.3, -0.25) is 0 Å². The highest BCUT2D eigenvalue weighted by Crippen LogP contribution is 2.40. The van der Waals surface area contributed by atoms with E-state index in [9.17, 15) is 18.3 Å². The van der Waals surface area contributed by atoms with E-state index in [0.717, 1.165) is 12.1 Å². The molecule has 1 N–H and O–H groups in total. The summed E-state index contributed by atoms with van der Waals surface area (Å²) in [6.07, 6.45) is -24.6. The predicted molar refractivity (Wildman–Crippen MR) is 132 cm³/mol. The highest BCUT2D eigenvalue weighted by atomic mass is 35.5. The number of aliphatic hydroxyl groups excluding tert-OH is 1. The van der Waals surface area contributed by atoms with Gasteiger partial charge in [0.05, 0.1) is 11.7 Å². The summed E-state index contributed by atoms with van der Waals surface area (Å²) in [5.41, 5.74) is -1.32. The molecule has 7 heteroatoms. The highest BCUT2D eigenvalue weighted by molar-refractivity contribution is 6.39. The van der Waals surface area contributed by atoms with Gasteiger partial charge in [-0.25, -0.2) is 0 Å². The smallest absolute Gasteiger partial charge is 0.388 e. The van der Waals surface area contributed by atoms with Crippen molar-refractivity contribution < 1.29 is 43.0 Å². The molecule has 3 aromatic rings. The Labute approximate surface area is 228 Å². The second-order valence-electron chi connectivity index (χ2n) is 6.89. The first-order valence-corrected chi connectivity index (χ1v) is 10.1. The van der Waals surface area contributed by atoms with Crippen LogP contribution in [0.2, 0.25) is 10.0 Å². The Morgan fingerprint density at radius 2 is 1.64 bits per heavy atom. The lowest BCUT2D eigenvalue weighted by atomic mass is 9.92. The molecule has 1 atom stereocenters. The van der Waals surface area contributed by atoms with Crippen molar-refractivity contribution in [3.63, 3.8) is 0 Å². The Kier molecular flexibility index (Phi) is 3.76. The van der Waals surface area contributed by atoms with E-state index in [1.165, 1.54) is 18.2 Å². The number of halogens is 5. The molecule has 1 unspecified atom stereocenters. The number of benzene rings is 3. The van der Waals surface area contributed by atoms with Crippen molar-refractivity contribution >= 4 is 44.7 Å². The average molecular weight is 519 g/mol. The number of rotatable bonds is 10. The lowest BCUT2D eigenvalue weighted by Crippen LogP contribution is -2.28. The minimum absolute atomic E-state index is 0.0389. The fourth-order valence-corrected chi connectivity index (χ4v) is 3.94. The molecule has 2 nitrogen and oxygen atoms in total. The second kappa shape index (κ2) is 11.3. The zero-order valence-corrected chi connectivity index (χ0v) is 18.3. The molecule has 0 spiro atoms. The predicted octanol–water partition coefficient (Wildman–Crippen LogP) is 8.64. The molecular formula is C26H30Cl2F3NO. The molecule has 0 saturated carbocycles. The van der Waals surface area contributed by atoms with E-state index in [2.05, 4.69) is 0 Å². The highest BCUT2D eigenvalue weighted by Gasteiger charge is 2.31. The zero-order chi connectivity index (χ0) is 39.9. The number of aliphatic hydroxyl groups is 1. The molecule has 0 aliphatic rings. The lowest BCUT2D eigenvalue weighted by molar-refractivity contribution is -0.137. The van der Waals surface area contributed by atoms with Crippen molar-refractivity contribution in [3.8, 4) is 0 Å². The van der Waals surface area contributed by atoms with Crippen LogP contribution in [0.1, 0.15) is 87.5 Å². The Hall–Kier alpha value is -1.53. The maximum absolute atomic E-state index is 13.7. The van der Waals surface area contributed by atoms with Gasteiger partial charge in [0, 0.05) is 46.6 Å². The van der Waals surface area contributed by atoms with Crippen molar-refractivity contribution in [1.82, 2.24) is 4.90 Å². The van der Waals surface area contributed by atoms with Gasteiger partial charge in [-0.05, 0) is 84.2 Å². The van der Waals surface area contributed by atoms with Gasteiger partial charge in [-0.1, -0.05) is 55.7 Å². The fourth-order valence-electron chi connectivity index (χ4n) is 3.40. The molecule has 0 aromatic heterocycles. The van der Waals surface area contributed by atoms with Gasteiger partial charge in [0.2, 0.25) is 0 Å². The topological polar surface area (TPSA) is 23.5 Å². The van der Waals surface area contributed by atoms with E-state index < -0.39 is 87.9 Å². The molecule has 0 aliphatic heterocycles. The summed E-state index contributed by atoms with van der Waals surface area (Å²) in [4.78, 5) is -0.436. The maximum Gasteiger partial charge on any atom is 0.416 e. The molecule has 0 aliphatic carbocycles. The van der Waals surface area contributed by atoms with Crippen LogP contribution in [-0.4, -0.2) is 29.5 Å². The Morgan fingerprint density at radius 1 is 0.970 bits per heavy atom. The fraction of sp³-hybridized carbons (Fsp3) is 0.462. The first-order valence-electron chi connectivity index (χ1n) is 18.4. The first kappa shape index (κ1) is 11.0. The first-order chi connectivity index (χ1) is 22.5. The normalized spacial score (nSPS) is 24.8. The Bertz CT molecular complexity index is 1740. The van der Waals surface area contributed by atoms with Gasteiger partial charge in [0.25, 0.3) is 0 Å². The van der Waals surface area contributed by atoms with Gasteiger partial charge in [-0.2, -0.15) is 13.2 Å². The van der Waals surface area contributed by atoms with E-state index in [1.54, 1.807) is 0 Å². The summed E-state index contributed by atoms with van der Waals surface area (Å²) in [7, 11) is 0. The van der Waals surface area contributed by atoms with Gasteiger partial charge < -0.3 is 10.0 Å². The van der Waals surface area contributed by atoms with Crippen LogP contribution < -0.4 is 0 Å². The molecule has 0 fully saturated rings. The third-order valence-corrected chi connectivity index (χ3v) is 5.37. The van der Waals surface area contributed by atoms with Gasteiger partial charge >= 0.3 is 6.18 Å². The number of hydrogen-bond donors (Lipinski definition) is 1. The Morgan fingerprint density at radius 3 is 2.27 bits per heavy atom. The third-order valence-electron chi connectivity index (χ3n) is 4.83. The van der Waals surface area contributed by atoms with E-state index in [4.69, 9.17) is 47.9 Å². The minimum atomic E-state index is -4.83. The van der Waals surface area contributed by atoms with Crippen molar-refractivity contribution in [2.24, 2.45) is 0 Å². The quantitative estimate of drug-likeness (QED) is 0.272. The molecular weight excluding hydrogens is 470 g/mol. The van der Waals surface area contributed by atoms with Crippen LogP contribution in [0, 0.1) is 0 Å². The molecule has 33 heavy (non-hydrogen) atoms. The molecule has 180 valence electrons. The van der Waals surface area contributed by atoms with E-state index in [1.807, 2.05) is 0 Å². The number of alkyl halides is 3. The van der Waals surface area contributed by atoms with E-state index in [0.29, 0.717) is 6.07 Å². The van der Waals surface area contributed by atoms with Crippen LogP contribution in [-0.2, 0) is 6.18 Å². The van der Waals surface area contributed by atoms with Crippen molar-refractivity contribution in [2.45, 2.75) is 57.9 Å². The van der Waals surface area contributed by atoms with Gasteiger partial charge in [-0.15, -0.1) is 0 Å². The SMILES string of the molecule is [2H]C([2H])([2H])C([2H])([2H])C([2H])([2H])C([2H])([2H])N(CCC(O)c1cc2c(Cl)cc(Cl)cc2c2cc(C(F)(F)F)ccc12)C([2H])([2H])C([2H])([2H])C([2H])([2H])C([2H])([2H])[2H]. The van der Waals surface area contributed by atoms with Crippen molar-refractivity contribution in [1.29, 1.82) is 0 Å². The van der Waals surface area contributed by atoms with Crippen LogP contribution in [0.5, 0.6) is 0 Å². The summed E-state index contributed by atoms with van der Waals surface area (Å²) >= 11 is 12.4. The second-order valence-corrected chi connectivity index (χ2v) is 7.73. The molecule has 0 amide bonds. The summed E-state index contributed by atoms with van der Waals surface area (Å²) < 4.78 is 185. The van der Waals surface area contributed by atoms with Crippen LogP contribution in [0.4, 0.5) is 13.2 Å². The molecule has 3 aromatic carbocycles. The molecule has 0 heterocycles. The molecule has 0 saturated heterocycles. The van der Waals surface area contributed by atoms with Crippen LogP contribution >= 0.6 is 23.2 Å². The monoisotopic (exact) mass is 517 g/mol. The number of hydrogen-bond acceptors (Lipinski definition) is 2. The van der Waals surface area contributed by atoms with Crippen LogP contribution in [0.3, 0.4) is 0 Å². The molecule has 3 rings (SSSR count). The summed E-state index contributed by atoms with van der Waals surface area (Å²) in [6, 6.07) is 6.16. The van der Waals surface area contributed by atoms with E-state index in [-0.39, 0.29) is 37.2 Å². The summed E-state index contributed by atoms with van der Waals surface area (Å²) in [6.45, 7) is -17.7. The van der Waals surface area contributed by atoms with Crippen molar-refractivity contribution in [2.75, 3.05) is 19.5 Å². The standard InChI is InChI=1S/C26H30Cl2F3NO/c1-3-5-10-32(11-6-4-2)12-9-25(33)23-16-22-21(14-18(27)15-24(22)28)20-13-17(26(29,30)31)7-8-19(20)23/h7-8,13-16,25,33H,3-6,9-12H2,1-2H3/i1D3,2D3,3D2,4D2,5D2,6D2,10D2,11D2. The van der Waals surface area contributed by atoms with Crippen molar-refractivity contribution in [3.05, 3.63) is 57.6 Å². The zero-order valence-electron chi connectivity index (χ0n) is 34.7. The summed E-state index contributed by atoms with van der Waals surface area (Å²) in [5, 5.41) is 11.4. The largest absolute Gasteiger partial charge is 0.416 e. The Balaban J connectivity index is 2.30. The molecule has 0 radical (unpaired) electrons. The lowest BCUT2D eigenvalue weighted by Gasteiger charge is -2.24. The number of fused-ring (bicyclic) bond motifs is 3. The minimum Gasteiger partial charge on any atom is -0.388 e. The number of nitrogens with zero attached hydrogens (tertiary/aromatic N) is 1. The van der Waals surface area contributed by atoms with E-state index >= 15 is 0 Å². The van der Waals surface area contributed by atoms with Gasteiger partial charge in [0.1, 0.15) is 0 Å². The van der Waals surface area contributed by atoms with Crippen LogP contribution in [0.25, 0.3) is 21.5 Å². The maximum atomic E-state index is 13.7.